The Morgan fingerprint density at radius 2 is 1.21 bits per heavy atom. The lowest BCUT2D eigenvalue weighted by Crippen LogP contribution is -2.48. The van der Waals surface area contributed by atoms with Crippen LogP contribution in [0.25, 0.3) is 0 Å². The molecule has 0 heterocycles. The second-order valence-corrected chi connectivity index (χ2v) is 5.06. The SMILES string of the molecule is COC(=O)C1CC2CC(CC(C(=O)OC)C2=O)C1=O. The predicted octanol–water partition coefficient (Wildman–Crippen LogP) is 0.133. The molecule has 0 N–H and O–H groups in total. The summed E-state index contributed by atoms with van der Waals surface area (Å²) in [6, 6.07) is 0. The van der Waals surface area contributed by atoms with Crippen molar-refractivity contribution in [3.63, 3.8) is 0 Å². The van der Waals surface area contributed by atoms with E-state index in [1.54, 1.807) is 0 Å². The van der Waals surface area contributed by atoms with E-state index >= 15 is 0 Å². The second kappa shape index (κ2) is 5.11. The number of rotatable bonds is 2. The molecule has 0 aromatic carbocycles. The van der Waals surface area contributed by atoms with Crippen LogP contribution in [0.4, 0.5) is 0 Å². The molecule has 6 heteroatoms. The summed E-state index contributed by atoms with van der Waals surface area (Å²) in [6.07, 6.45) is 0.724. The number of Topliss-reactive ketones (excluding diaryl/α,β-unsaturated/α-hetero) is 2. The van der Waals surface area contributed by atoms with Crippen molar-refractivity contribution in [1.82, 2.24) is 0 Å². The molecule has 0 saturated heterocycles. The van der Waals surface area contributed by atoms with E-state index in [1.807, 2.05) is 0 Å². The van der Waals surface area contributed by atoms with Crippen LogP contribution in [0.1, 0.15) is 19.3 Å². The summed E-state index contributed by atoms with van der Waals surface area (Å²) in [7, 11) is 2.44. The van der Waals surface area contributed by atoms with Crippen LogP contribution in [-0.4, -0.2) is 37.7 Å². The number of hydrogen-bond acceptors (Lipinski definition) is 6. The van der Waals surface area contributed by atoms with Gasteiger partial charge in [0.1, 0.15) is 23.4 Å². The van der Waals surface area contributed by atoms with Gasteiger partial charge in [0, 0.05) is 11.8 Å². The van der Waals surface area contributed by atoms with E-state index in [1.165, 1.54) is 14.2 Å². The number of ketones is 2. The van der Waals surface area contributed by atoms with E-state index in [0.717, 1.165) is 0 Å². The van der Waals surface area contributed by atoms with Gasteiger partial charge in [0.2, 0.25) is 0 Å². The van der Waals surface area contributed by atoms with E-state index in [4.69, 9.17) is 0 Å². The summed E-state index contributed by atoms with van der Waals surface area (Å²) < 4.78 is 9.19. The second-order valence-electron chi connectivity index (χ2n) is 5.06. The first-order valence-electron chi connectivity index (χ1n) is 6.22. The monoisotopic (exact) mass is 268 g/mol. The highest BCUT2D eigenvalue weighted by Gasteiger charge is 2.50. The Bertz CT molecular complexity index is 400. The maximum absolute atomic E-state index is 12.1. The lowest BCUT2D eigenvalue weighted by molar-refractivity contribution is -0.160. The van der Waals surface area contributed by atoms with Gasteiger partial charge in [-0.3, -0.25) is 19.2 Å². The molecule has 4 unspecified atom stereocenters. The Kier molecular flexibility index (Phi) is 3.68. The molecule has 0 spiro atoms. The van der Waals surface area contributed by atoms with Crippen LogP contribution in [0.15, 0.2) is 0 Å². The number of esters is 2. The number of carbonyl (C=O) groups excluding carboxylic acids is 4. The van der Waals surface area contributed by atoms with Crippen molar-refractivity contribution in [3.05, 3.63) is 0 Å². The third kappa shape index (κ3) is 2.27. The Morgan fingerprint density at radius 3 is 1.53 bits per heavy atom. The Hall–Kier alpha value is -1.72. The topological polar surface area (TPSA) is 86.7 Å². The Morgan fingerprint density at radius 1 is 0.842 bits per heavy atom. The smallest absolute Gasteiger partial charge is 0.316 e. The molecule has 0 aromatic heterocycles. The van der Waals surface area contributed by atoms with Crippen LogP contribution < -0.4 is 0 Å². The van der Waals surface area contributed by atoms with Crippen LogP contribution in [0, 0.1) is 23.7 Å². The molecular weight excluding hydrogens is 252 g/mol. The normalized spacial score (nSPS) is 33.8. The van der Waals surface area contributed by atoms with Crippen molar-refractivity contribution < 1.29 is 28.7 Å². The number of fused-ring (bicyclic) bond motifs is 2. The number of methoxy groups -OCH3 is 2. The number of carbonyl (C=O) groups is 4. The molecule has 0 aromatic rings. The maximum Gasteiger partial charge on any atom is 0.316 e. The van der Waals surface area contributed by atoms with Gasteiger partial charge in [-0.25, -0.2) is 0 Å². The van der Waals surface area contributed by atoms with Crippen molar-refractivity contribution in [2.75, 3.05) is 14.2 Å². The molecule has 4 atom stereocenters. The first-order chi connectivity index (χ1) is 8.99. The summed E-state index contributed by atoms with van der Waals surface area (Å²) in [5, 5.41) is 0. The van der Waals surface area contributed by atoms with Gasteiger partial charge in [-0.2, -0.15) is 0 Å². The van der Waals surface area contributed by atoms with E-state index in [9.17, 15) is 19.2 Å². The van der Waals surface area contributed by atoms with Gasteiger partial charge >= 0.3 is 11.9 Å². The zero-order valence-corrected chi connectivity index (χ0v) is 10.9. The third-order valence-corrected chi connectivity index (χ3v) is 4.07. The van der Waals surface area contributed by atoms with Crippen LogP contribution in [0.3, 0.4) is 0 Å². The highest BCUT2D eigenvalue weighted by atomic mass is 16.5. The summed E-state index contributed by atoms with van der Waals surface area (Å²) in [5.41, 5.74) is 0. The van der Waals surface area contributed by atoms with Crippen LogP contribution in [0.5, 0.6) is 0 Å². The molecule has 2 saturated carbocycles. The summed E-state index contributed by atoms with van der Waals surface area (Å²) in [6.45, 7) is 0. The minimum absolute atomic E-state index is 0.147. The number of hydrogen-bond donors (Lipinski definition) is 0. The largest absolute Gasteiger partial charge is 0.468 e. The first kappa shape index (κ1) is 13.7. The molecule has 104 valence electrons. The minimum atomic E-state index is -0.865. The fourth-order valence-electron chi connectivity index (χ4n) is 3.08. The number of ether oxygens (including phenoxy) is 2. The lowest BCUT2D eigenvalue weighted by Gasteiger charge is -2.38. The molecule has 0 amide bonds. The summed E-state index contributed by atoms with van der Waals surface area (Å²) in [4.78, 5) is 47.4. The Labute approximate surface area is 110 Å². The molecule has 2 aliphatic rings. The summed E-state index contributed by atoms with van der Waals surface area (Å²) in [5.74, 6) is -4.20. The van der Waals surface area contributed by atoms with E-state index < -0.39 is 35.6 Å². The van der Waals surface area contributed by atoms with E-state index in [2.05, 4.69) is 9.47 Å². The molecule has 2 fully saturated rings. The van der Waals surface area contributed by atoms with Gasteiger partial charge < -0.3 is 9.47 Å². The molecule has 2 rings (SSSR count). The molecule has 19 heavy (non-hydrogen) atoms. The van der Waals surface area contributed by atoms with Crippen molar-refractivity contribution in [2.24, 2.45) is 23.7 Å². The summed E-state index contributed by atoms with van der Waals surface area (Å²) >= 11 is 0. The molecule has 0 aliphatic heterocycles. The van der Waals surface area contributed by atoms with Crippen LogP contribution in [-0.2, 0) is 28.7 Å². The van der Waals surface area contributed by atoms with Gasteiger partial charge in [-0.15, -0.1) is 0 Å². The standard InChI is InChI=1S/C13H16O6/c1-18-12(16)8-4-6-3-7(10(8)14)5-9(11(6)15)13(17)19-2/h6-9H,3-5H2,1-2H3. The predicted molar refractivity (Wildman–Crippen MR) is 61.9 cm³/mol. The minimum Gasteiger partial charge on any atom is -0.468 e. The molecule has 2 aliphatic carbocycles. The van der Waals surface area contributed by atoms with Crippen molar-refractivity contribution in [3.8, 4) is 0 Å². The van der Waals surface area contributed by atoms with E-state index in [-0.39, 0.29) is 24.4 Å². The van der Waals surface area contributed by atoms with Gasteiger partial charge in [0.25, 0.3) is 0 Å². The lowest BCUT2D eigenvalue weighted by atomic mass is 9.63. The highest BCUT2D eigenvalue weighted by molar-refractivity contribution is 6.07. The average molecular weight is 268 g/mol. The van der Waals surface area contributed by atoms with E-state index in [0.29, 0.717) is 6.42 Å². The Balaban J connectivity index is 2.21. The fraction of sp³-hybridized carbons (Fsp3) is 0.692. The highest BCUT2D eigenvalue weighted by Crippen LogP contribution is 2.41. The van der Waals surface area contributed by atoms with Gasteiger partial charge in [0.05, 0.1) is 14.2 Å². The third-order valence-electron chi connectivity index (χ3n) is 4.07. The zero-order valence-electron chi connectivity index (χ0n) is 10.9. The molecule has 2 bridgehead atoms. The molecule has 6 nitrogen and oxygen atoms in total. The van der Waals surface area contributed by atoms with Crippen LogP contribution in [0.2, 0.25) is 0 Å². The van der Waals surface area contributed by atoms with Crippen molar-refractivity contribution in [1.29, 1.82) is 0 Å². The quantitative estimate of drug-likeness (QED) is 0.522. The van der Waals surface area contributed by atoms with Gasteiger partial charge in [-0.1, -0.05) is 0 Å². The maximum atomic E-state index is 12.1. The van der Waals surface area contributed by atoms with Crippen molar-refractivity contribution >= 4 is 23.5 Å². The molecule has 0 radical (unpaired) electrons. The van der Waals surface area contributed by atoms with Gasteiger partial charge in [-0.05, 0) is 19.3 Å². The average Bonchev–Trinajstić information content (AvgIpc) is 2.43. The van der Waals surface area contributed by atoms with Crippen molar-refractivity contribution in [2.45, 2.75) is 19.3 Å². The van der Waals surface area contributed by atoms with Crippen LogP contribution >= 0.6 is 0 Å². The first-order valence-corrected chi connectivity index (χ1v) is 6.22. The molecular formula is C13H16O6. The van der Waals surface area contributed by atoms with Gasteiger partial charge in [0.15, 0.2) is 0 Å². The zero-order chi connectivity index (χ0) is 14.2. The fourth-order valence-corrected chi connectivity index (χ4v) is 3.08.